The number of alkyl halides is 3. The molecule has 0 amide bonds. The number of halogens is 3. The Hall–Kier alpha value is -1.66. The summed E-state index contributed by atoms with van der Waals surface area (Å²) in [4.78, 5) is 17.7. The van der Waals surface area contributed by atoms with Gasteiger partial charge in [0.25, 0.3) is 0 Å². The minimum absolute atomic E-state index is 0.0605. The molecule has 0 radical (unpaired) electrons. The monoisotopic (exact) mass is 234 g/mol. The van der Waals surface area contributed by atoms with Crippen molar-refractivity contribution in [2.45, 2.75) is 19.5 Å². The Morgan fingerprint density at radius 2 is 2.19 bits per heavy atom. The third-order valence-electron chi connectivity index (χ3n) is 1.64. The summed E-state index contributed by atoms with van der Waals surface area (Å²) in [6.07, 6.45) is -2.63. The van der Waals surface area contributed by atoms with Gasteiger partial charge in [0.1, 0.15) is 11.9 Å². The SMILES string of the molecule is CCCOC(=O)c1cncnc1C(F)(F)F. The number of hydrogen-bond acceptors (Lipinski definition) is 4. The minimum atomic E-state index is -4.69. The van der Waals surface area contributed by atoms with E-state index in [0.29, 0.717) is 6.42 Å². The van der Waals surface area contributed by atoms with E-state index in [1.807, 2.05) is 0 Å². The lowest BCUT2D eigenvalue weighted by molar-refractivity contribution is -0.141. The van der Waals surface area contributed by atoms with Crippen LogP contribution in [-0.2, 0) is 10.9 Å². The summed E-state index contributed by atoms with van der Waals surface area (Å²) in [6, 6.07) is 0. The molecule has 1 aromatic heterocycles. The second-order valence-corrected chi connectivity index (χ2v) is 2.92. The van der Waals surface area contributed by atoms with E-state index in [1.54, 1.807) is 6.92 Å². The van der Waals surface area contributed by atoms with Crippen LogP contribution in [0, 0.1) is 0 Å². The van der Waals surface area contributed by atoms with Gasteiger partial charge >= 0.3 is 12.1 Å². The molecule has 0 aliphatic rings. The lowest BCUT2D eigenvalue weighted by atomic mass is 10.2. The lowest BCUT2D eigenvalue weighted by Crippen LogP contribution is -2.17. The number of esters is 1. The summed E-state index contributed by atoms with van der Waals surface area (Å²) in [7, 11) is 0. The number of hydrogen-bond donors (Lipinski definition) is 0. The minimum Gasteiger partial charge on any atom is -0.462 e. The predicted octanol–water partition coefficient (Wildman–Crippen LogP) is 2.06. The van der Waals surface area contributed by atoms with Crippen LogP contribution >= 0.6 is 0 Å². The molecule has 1 rings (SSSR count). The summed E-state index contributed by atoms with van der Waals surface area (Å²) in [6.45, 7) is 1.80. The maximum Gasteiger partial charge on any atom is 0.434 e. The Kier molecular flexibility index (Phi) is 3.81. The summed E-state index contributed by atoms with van der Waals surface area (Å²) < 4.78 is 41.9. The van der Waals surface area contributed by atoms with Gasteiger partial charge in [-0.25, -0.2) is 14.8 Å². The van der Waals surface area contributed by atoms with Crippen molar-refractivity contribution in [1.29, 1.82) is 0 Å². The molecule has 1 heterocycles. The Balaban J connectivity index is 3.00. The average Bonchev–Trinajstić information content (AvgIpc) is 2.24. The first-order valence-corrected chi connectivity index (χ1v) is 4.51. The Morgan fingerprint density at radius 1 is 1.50 bits per heavy atom. The third kappa shape index (κ3) is 2.91. The van der Waals surface area contributed by atoms with Crippen LogP contribution in [0.4, 0.5) is 13.2 Å². The fourth-order valence-corrected chi connectivity index (χ4v) is 0.977. The van der Waals surface area contributed by atoms with Gasteiger partial charge in [-0.1, -0.05) is 6.92 Å². The van der Waals surface area contributed by atoms with Crippen LogP contribution in [0.2, 0.25) is 0 Å². The number of carbonyl (C=O) groups excluding carboxylic acids is 1. The van der Waals surface area contributed by atoms with Crippen LogP contribution < -0.4 is 0 Å². The number of carbonyl (C=O) groups is 1. The summed E-state index contributed by atoms with van der Waals surface area (Å²) in [5.41, 5.74) is -1.94. The van der Waals surface area contributed by atoms with Gasteiger partial charge < -0.3 is 4.74 Å². The van der Waals surface area contributed by atoms with Crippen molar-refractivity contribution >= 4 is 5.97 Å². The van der Waals surface area contributed by atoms with Gasteiger partial charge in [0.05, 0.1) is 6.61 Å². The molecular formula is C9H9F3N2O2. The van der Waals surface area contributed by atoms with Crippen molar-refractivity contribution < 1.29 is 22.7 Å². The smallest absolute Gasteiger partial charge is 0.434 e. The van der Waals surface area contributed by atoms with Crippen molar-refractivity contribution in [2.24, 2.45) is 0 Å². The Labute approximate surface area is 89.5 Å². The molecule has 0 unspecified atom stereocenters. The highest BCUT2D eigenvalue weighted by molar-refractivity contribution is 5.90. The molecule has 4 nitrogen and oxygen atoms in total. The van der Waals surface area contributed by atoms with Crippen molar-refractivity contribution in [3.05, 3.63) is 23.8 Å². The Bertz CT molecular complexity index is 379. The van der Waals surface area contributed by atoms with Crippen LogP contribution in [0.3, 0.4) is 0 Å². The second kappa shape index (κ2) is 4.91. The molecule has 0 aromatic carbocycles. The summed E-state index contributed by atoms with van der Waals surface area (Å²) in [5.74, 6) is -1.06. The third-order valence-corrected chi connectivity index (χ3v) is 1.64. The van der Waals surface area contributed by atoms with Crippen molar-refractivity contribution in [3.63, 3.8) is 0 Å². The molecule has 0 spiro atoms. The molecule has 16 heavy (non-hydrogen) atoms. The van der Waals surface area contributed by atoms with Crippen LogP contribution in [0.25, 0.3) is 0 Å². The van der Waals surface area contributed by atoms with E-state index in [2.05, 4.69) is 14.7 Å². The molecule has 0 aliphatic carbocycles. The van der Waals surface area contributed by atoms with Gasteiger partial charge in [-0.05, 0) is 6.42 Å². The first-order chi connectivity index (χ1) is 7.46. The van der Waals surface area contributed by atoms with E-state index in [0.717, 1.165) is 12.5 Å². The molecule has 0 atom stereocenters. The molecule has 0 saturated heterocycles. The number of ether oxygens (including phenoxy) is 1. The summed E-state index contributed by atoms with van der Waals surface area (Å²) in [5, 5.41) is 0. The highest BCUT2D eigenvalue weighted by Gasteiger charge is 2.37. The fourth-order valence-electron chi connectivity index (χ4n) is 0.977. The van der Waals surface area contributed by atoms with Gasteiger partial charge in [0.2, 0.25) is 0 Å². The van der Waals surface area contributed by atoms with E-state index in [-0.39, 0.29) is 6.61 Å². The predicted molar refractivity (Wildman–Crippen MR) is 47.6 cm³/mol. The Morgan fingerprint density at radius 3 is 2.75 bits per heavy atom. The van der Waals surface area contributed by atoms with Gasteiger partial charge in [-0.3, -0.25) is 0 Å². The zero-order chi connectivity index (χ0) is 12.2. The van der Waals surface area contributed by atoms with Crippen LogP contribution in [0.1, 0.15) is 29.4 Å². The molecule has 88 valence electrons. The molecule has 0 bridgehead atoms. The van der Waals surface area contributed by atoms with Crippen LogP contribution in [-0.4, -0.2) is 22.5 Å². The molecular weight excluding hydrogens is 225 g/mol. The van der Waals surface area contributed by atoms with E-state index in [1.165, 1.54) is 0 Å². The largest absolute Gasteiger partial charge is 0.462 e. The molecule has 7 heteroatoms. The van der Waals surface area contributed by atoms with Crippen molar-refractivity contribution in [3.8, 4) is 0 Å². The lowest BCUT2D eigenvalue weighted by Gasteiger charge is -2.09. The van der Waals surface area contributed by atoms with E-state index in [4.69, 9.17) is 0 Å². The highest BCUT2D eigenvalue weighted by atomic mass is 19.4. The van der Waals surface area contributed by atoms with Gasteiger partial charge in [0, 0.05) is 6.20 Å². The van der Waals surface area contributed by atoms with Crippen molar-refractivity contribution in [2.75, 3.05) is 6.61 Å². The maximum atomic E-state index is 12.4. The number of rotatable bonds is 3. The fraction of sp³-hybridized carbons (Fsp3) is 0.444. The zero-order valence-electron chi connectivity index (χ0n) is 8.41. The second-order valence-electron chi connectivity index (χ2n) is 2.92. The normalized spacial score (nSPS) is 11.2. The van der Waals surface area contributed by atoms with Gasteiger partial charge in [-0.15, -0.1) is 0 Å². The van der Waals surface area contributed by atoms with Crippen molar-refractivity contribution in [1.82, 2.24) is 9.97 Å². The zero-order valence-corrected chi connectivity index (χ0v) is 8.41. The van der Waals surface area contributed by atoms with Gasteiger partial charge in [-0.2, -0.15) is 13.2 Å². The van der Waals surface area contributed by atoms with Crippen LogP contribution in [0.5, 0.6) is 0 Å². The quantitative estimate of drug-likeness (QED) is 0.751. The highest BCUT2D eigenvalue weighted by Crippen LogP contribution is 2.29. The maximum absolute atomic E-state index is 12.4. The van der Waals surface area contributed by atoms with Crippen LogP contribution in [0.15, 0.2) is 12.5 Å². The summed E-state index contributed by atoms with van der Waals surface area (Å²) >= 11 is 0. The first-order valence-electron chi connectivity index (χ1n) is 4.51. The topological polar surface area (TPSA) is 52.1 Å². The molecule has 0 aliphatic heterocycles. The van der Waals surface area contributed by atoms with E-state index < -0.39 is 23.4 Å². The molecule has 0 N–H and O–H groups in total. The first kappa shape index (κ1) is 12.4. The molecule has 0 saturated carbocycles. The van der Waals surface area contributed by atoms with Gasteiger partial charge in [0.15, 0.2) is 5.69 Å². The number of nitrogens with zero attached hydrogens (tertiary/aromatic N) is 2. The standard InChI is InChI=1S/C9H9F3N2O2/c1-2-3-16-8(15)6-4-13-5-14-7(6)9(10,11)12/h4-5H,2-3H2,1H3. The molecule has 1 aromatic rings. The van der Waals surface area contributed by atoms with E-state index >= 15 is 0 Å². The average molecular weight is 234 g/mol. The number of aromatic nitrogens is 2. The van der Waals surface area contributed by atoms with E-state index in [9.17, 15) is 18.0 Å². The molecule has 0 fully saturated rings.